The zero-order valence-electron chi connectivity index (χ0n) is 9.91. The van der Waals surface area contributed by atoms with Crippen molar-refractivity contribution in [2.24, 2.45) is 5.73 Å². The molecular formula is C12H18N2O2. The molecule has 0 aliphatic carbocycles. The van der Waals surface area contributed by atoms with Gasteiger partial charge in [-0.3, -0.25) is 4.79 Å². The lowest BCUT2D eigenvalue weighted by atomic mass is 10.0. The van der Waals surface area contributed by atoms with E-state index in [4.69, 9.17) is 10.5 Å². The van der Waals surface area contributed by atoms with E-state index in [1.165, 1.54) is 0 Å². The van der Waals surface area contributed by atoms with Gasteiger partial charge in [-0.25, -0.2) is 0 Å². The summed E-state index contributed by atoms with van der Waals surface area (Å²) in [5.74, 6) is 0.651. The van der Waals surface area contributed by atoms with Crippen LogP contribution in [0.5, 0.6) is 5.75 Å². The number of aryl methyl sites for hydroxylation is 1. The Morgan fingerprint density at radius 1 is 1.56 bits per heavy atom. The number of methoxy groups -OCH3 is 1. The lowest BCUT2D eigenvalue weighted by Gasteiger charge is -2.15. The zero-order valence-corrected chi connectivity index (χ0v) is 9.91. The predicted molar refractivity (Wildman–Crippen MR) is 63.3 cm³/mol. The van der Waals surface area contributed by atoms with Crippen molar-refractivity contribution < 1.29 is 9.53 Å². The third-order valence-corrected chi connectivity index (χ3v) is 2.47. The molecule has 1 atom stereocenters. The molecule has 0 aromatic heterocycles. The zero-order chi connectivity index (χ0) is 12.1. The molecule has 3 N–H and O–H groups in total. The number of hydrogen-bond acceptors (Lipinski definition) is 3. The van der Waals surface area contributed by atoms with Gasteiger partial charge in [0.25, 0.3) is 0 Å². The summed E-state index contributed by atoms with van der Waals surface area (Å²) in [5.41, 5.74) is 7.94. The molecule has 0 saturated heterocycles. The number of carbonyl (C=O) groups is 1. The Bertz CT molecular complexity index is 377. The molecule has 88 valence electrons. The van der Waals surface area contributed by atoms with Crippen molar-refractivity contribution in [3.05, 3.63) is 29.3 Å². The van der Waals surface area contributed by atoms with Crippen LogP contribution in [0.3, 0.4) is 0 Å². The van der Waals surface area contributed by atoms with Gasteiger partial charge in [0, 0.05) is 25.1 Å². The standard InChI is InChI=1S/C12H18N2O2/c1-8-4-5-11(16-3)9(6-8)10(13)7-12(15)14-2/h4-6,10H,7,13H2,1-3H3,(H,14,15). The van der Waals surface area contributed by atoms with E-state index in [2.05, 4.69) is 5.32 Å². The van der Waals surface area contributed by atoms with Crippen LogP contribution in [0.15, 0.2) is 18.2 Å². The van der Waals surface area contributed by atoms with E-state index in [-0.39, 0.29) is 18.4 Å². The van der Waals surface area contributed by atoms with E-state index < -0.39 is 0 Å². The quantitative estimate of drug-likeness (QED) is 0.803. The van der Waals surface area contributed by atoms with Crippen LogP contribution in [-0.2, 0) is 4.79 Å². The predicted octanol–water partition coefficient (Wildman–Crippen LogP) is 1.14. The monoisotopic (exact) mass is 222 g/mol. The molecule has 1 aromatic rings. The van der Waals surface area contributed by atoms with E-state index in [0.29, 0.717) is 0 Å². The van der Waals surface area contributed by atoms with Gasteiger partial charge in [-0.1, -0.05) is 17.7 Å². The summed E-state index contributed by atoms with van der Waals surface area (Å²) in [5, 5.41) is 2.56. The molecule has 0 aliphatic heterocycles. The fourth-order valence-corrected chi connectivity index (χ4v) is 1.56. The SMILES string of the molecule is CNC(=O)CC(N)c1cc(C)ccc1OC. The Morgan fingerprint density at radius 3 is 2.81 bits per heavy atom. The molecule has 0 spiro atoms. The van der Waals surface area contributed by atoms with Crippen molar-refractivity contribution in [3.8, 4) is 5.75 Å². The summed E-state index contributed by atoms with van der Waals surface area (Å²) < 4.78 is 5.22. The summed E-state index contributed by atoms with van der Waals surface area (Å²) >= 11 is 0. The number of benzene rings is 1. The summed E-state index contributed by atoms with van der Waals surface area (Å²) in [4.78, 5) is 11.2. The second kappa shape index (κ2) is 5.51. The van der Waals surface area contributed by atoms with Gasteiger partial charge in [-0.15, -0.1) is 0 Å². The molecule has 4 heteroatoms. The first kappa shape index (κ1) is 12.5. The van der Waals surface area contributed by atoms with Gasteiger partial charge in [0.15, 0.2) is 0 Å². The van der Waals surface area contributed by atoms with Gasteiger partial charge >= 0.3 is 0 Å². The van der Waals surface area contributed by atoms with E-state index in [0.717, 1.165) is 16.9 Å². The van der Waals surface area contributed by atoms with Crippen LogP contribution >= 0.6 is 0 Å². The van der Waals surface area contributed by atoms with E-state index in [1.807, 2.05) is 25.1 Å². The maximum atomic E-state index is 11.2. The number of hydrogen-bond donors (Lipinski definition) is 2. The average Bonchev–Trinajstić information content (AvgIpc) is 2.28. The number of carbonyl (C=O) groups excluding carboxylic acids is 1. The maximum Gasteiger partial charge on any atom is 0.221 e. The first-order chi connectivity index (χ1) is 7.58. The van der Waals surface area contributed by atoms with Gasteiger partial charge in [0.1, 0.15) is 5.75 Å². The lowest BCUT2D eigenvalue weighted by molar-refractivity contribution is -0.120. The minimum atomic E-state index is -0.338. The Hall–Kier alpha value is -1.55. The van der Waals surface area contributed by atoms with Crippen LogP contribution in [0, 0.1) is 6.92 Å². The molecule has 1 aromatic carbocycles. The van der Waals surface area contributed by atoms with E-state index in [9.17, 15) is 4.79 Å². The largest absolute Gasteiger partial charge is 0.496 e. The van der Waals surface area contributed by atoms with Crippen molar-refractivity contribution in [2.45, 2.75) is 19.4 Å². The highest BCUT2D eigenvalue weighted by molar-refractivity contribution is 5.76. The highest BCUT2D eigenvalue weighted by Crippen LogP contribution is 2.26. The van der Waals surface area contributed by atoms with Crippen molar-refractivity contribution >= 4 is 5.91 Å². The second-order valence-electron chi connectivity index (χ2n) is 3.73. The van der Waals surface area contributed by atoms with Crippen LogP contribution in [0.25, 0.3) is 0 Å². The smallest absolute Gasteiger partial charge is 0.221 e. The number of amides is 1. The fourth-order valence-electron chi connectivity index (χ4n) is 1.56. The van der Waals surface area contributed by atoms with Crippen molar-refractivity contribution in [1.82, 2.24) is 5.32 Å². The summed E-state index contributed by atoms with van der Waals surface area (Å²) in [6.45, 7) is 1.98. The number of ether oxygens (including phenoxy) is 1. The minimum absolute atomic E-state index is 0.0731. The normalized spacial score (nSPS) is 12.0. The summed E-state index contributed by atoms with van der Waals surface area (Å²) in [6.07, 6.45) is 0.260. The van der Waals surface area contributed by atoms with Gasteiger partial charge in [-0.05, 0) is 13.0 Å². The topological polar surface area (TPSA) is 64.4 Å². The number of rotatable bonds is 4. The molecule has 0 bridgehead atoms. The molecule has 1 rings (SSSR count). The first-order valence-electron chi connectivity index (χ1n) is 5.19. The molecule has 0 aliphatic rings. The molecule has 1 unspecified atom stereocenters. The molecule has 0 saturated carbocycles. The maximum absolute atomic E-state index is 11.2. The third kappa shape index (κ3) is 2.97. The summed E-state index contributed by atoms with van der Waals surface area (Å²) in [6, 6.07) is 5.44. The van der Waals surface area contributed by atoms with Crippen LogP contribution < -0.4 is 15.8 Å². The van der Waals surface area contributed by atoms with Crippen molar-refractivity contribution in [2.75, 3.05) is 14.2 Å². The first-order valence-corrected chi connectivity index (χ1v) is 5.19. The van der Waals surface area contributed by atoms with Crippen LogP contribution in [0.1, 0.15) is 23.6 Å². The molecule has 0 radical (unpaired) electrons. The molecule has 4 nitrogen and oxygen atoms in total. The summed E-state index contributed by atoms with van der Waals surface area (Å²) in [7, 11) is 3.20. The molecule has 1 amide bonds. The van der Waals surface area contributed by atoms with Gasteiger partial charge in [0.05, 0.1) is 7.11 Å². The Morgan fingerprint density at radius 2 is 2.25 bits per heavy atom. The molecular weight excluding hydrogens is 204 g/mol. The van der Waals surface area contributed by atoms with Crippen LogP contribution in [-0.4, -0.2) is 20.1 Å². The number of nitrogens with one attached hydrogen (secondary N) is 1. The Kier molecular flexibility index (Phi) is 4.31. The van der Waals surface area contributed by atoms with E-state index in [1.54, 1.807) is 14.2 Å². The molecule has 0 heterocycles. The lowest BCUT2D eigenvalue weighted by Crippen LogP contribution is -2.24. The van der Waals surface area contributed by atoms with Gasteiger partial charge in [0.2, 0.25) is 5.91 Å². The Balaban J connectivity index is 2.92. The van der Waals surface area contributed by atoms with E-state index >= 15 is 0 Å². The van der Waals surface area contributed by atoms with Crippen molar-refractivity contribution in [1.29, 1.82) is 0 Å². The highest BCUT2D eigenvalue weighted by atomic mass is 16.5. The van der Waals surface area contributed by atoms with Crippen LogP contribution in [0.4, 0.5) is 0 Å². The van der Waals surface area contributed by atoms with Crippen LogP contribution in [0.2, 0.25) is 0 Å². The second-order valence-corrected chi connectivity index (χ2v) is 3.73. The fraction of sp³-hybridized carbons (Fsp3) is 0.417. The van der Waals surface area contributed by atoms with Crippen molar-refractivity contribution in [3.63, 3.8) is 0 Å². The minimum Gasteiger partial charge on any atom is -0.496 e. The third-order valence-electron chi connectivity index (χ3n) is 2.47. The Labute approximate surface area is 95.8 Å². The average molecular weight is 222 g/mol. The highest BCUT2D eigenvalue weighted by Gasteiger charge is 2.15. The van der Waals surface area contributed by atoms with Gasteiger partial charge < -0.3 is 15.8 Å². The molecule has 0 fully saturated rings. The number of nitrogens with two attached hydrogens (primary N) is 1. The van der Waals surface area contributed by atoms with Gasteiger partial charge in [-0.2, -0.15) is 0 Å². The molecule has 16 heavy (non-hydrogen) atoms.